The van der Waals surface area contributed by atoms with Crippen molar-refractivity contribution in [2.24, 2.45) is 0 Å². The molecular weight excluding hydrogens is 556 g/mol. The molecule has 0 atom stereocenters. The van der Waals surface area contributed by atoms with Gasteiger partial charge in [-0.15, -0.1) is 0 Å². The smallest absolute Gasteiger partial charge is 0.0803 e. The average molecular weight is 595 g/mol. The zero-order valence-electron chi connectivity index (χ0n) is 27.0. The van der Waals surface area contributed by atoms with E-state index >= 15 is 0 Å². The molecule has 46 heavy (non-hydrogen) atoms. The third-order valence-corrected chi connectivity index (χ3v) is 9.53. The molecule has 0 spiro atoms. The van der Waals surface area contributed by atoms with Crippen LogP contribution >= 0.6 is 0 Å². The standard InChI is InChI=1S/C41H30N2.C3H8/c1-41(2)35-17-9-6-14-31(35)32-25-22-28(26-36(32)41)27-20-23-30(24-21-27)43-38-19-11-8-16-34(38)39-40(43)33-15-7-10-18-37(33)42(39)29-12-4-3-5-13-29;1-3-2/h3-26H,1-2H3;3H2,1-2H3. The number of hydrogen-bond donors (Lipinski definition) is 0. The average Bonchev–Trinajstić information content (AvgIpc) is 3.69. The number of hydrogen-bond acceptors (Lipinski definition) is 0. The van der Waals surface area contributed by atoms with Gasteiger partial charge < -0.3 is 9.13 Å². The molecule has 8 aromatic rings. The lowest BCUT2D eigenvalue weighted by Gasteiger charge is -2.22. The second-order valence-electron chi connectivity index (χ2n) is 12.9. The van der Waals surface area contributed by atoms with Crippen molar-refractivity contribution in [3.05, 3.63) is 157 Å². The van der Waals surface area contributed by atoms with Gasteiger partial charge in [-0.1, -0.05) is 137 Å². The van der Waals surface area contributed by atoms with Crippen LogP contribution in [0.15, 0.2) is 146 Å². The van der Waals surface area contributed by atoms with Gasteiger partial charge in [0.05, 0.1) is 22.1 Å². The molecule has 224 valence electrons. The van der Waals surface area contributed by atoms with Crippen LogP contribution in [0.25, 0.3) is 66.5 Å². The number of para-hydroxylation sites is 3. The Hall–Kier alpha value is -5.34. The molecule has 0 saturated carbocycles. The van der Waals surface area contributed by atoms with Crippen molar-refractivity contribution in [1.29, 1.82) is 0 Å². The Morgan fingerprint density at radius 3 is 1.57 bits per heavy atom. The number of rotatable bonds is 3. The van der Waals surface area contributed by atoms with Crippen LogP contribution in [0.4, 0.5) is 0 Å². The predicted molar refractivity (Wildman–Crippen MR) is 197 cm³/mol. The van der Waals surface area contributed by atoms with Crippen molar-refractivity contribution in [3.63, 3.8) is 0 Å². The largest absolute Gasteiger partial charge is 0.307 e. The number of aromatic nitrogens is 2. The zero-order valence-corrected chi connectivity index (χ0v) is 27.0. The number of fused-ring (bicyclic) bond motifs is 8. The van der Waals surface area contributed by atoms with Gasteiger partial charge in [0.15, 0.2) is 0 Å². The van der Waals surface area contributed by atoms with E-state index < -0.39 is 0 Å². The third-order valence-electron chi connectivity index (χ3n) is 9.53. The molecule has 0 aliphatic heterocycles. The molecule has 0 bridgehead atoms. The topological polar surface area (TPSA) is 9.86 Å². The molecule has 1 aliphatic carbocycles. The van der Waals surface area contributed by atoms with E-state index in [1.165, 1.54) is 84.0 Å². The van der Waals surface area contributed by atoms with E-state index in [-0.39, 0.29) is 5.41 Å². The summed E-state index contributed by atoms with van der Waals surface area (Å²) in [6.07, 6.45) is 1.25. The monoisotopic (exact) mass is 594 g/mol. The molecule has 6 aromatic carbocycles. The van der Waals surface area contributed by atoms with E-state index in [0.29, 0.717) is 0 Å². The van der Waals surface area contributed by atoms with Crippen molar-refractivity contribution in [2.75, 3.05) is 0 Å². The van der Waals surface area contributed by atoms with E-state index in [9.17, 15) is 0 Å². The summed E-state index contributed by atoms with van der Waals surface area (Å²) < 4.78 is 4.86. The first-order chi connectivity index (χ1) is 22.5. The Kier molecular flexibility index (Phi) is 6.69. The van der Waals surface area contributed by atoms with Crippen LogP contribution in [0.2, 0.25) is 0 Å². The van der Waals surface area contributed by atoms with Crippen LogP contribution in [0.3, 0.4) is 0 Å². The minimum absolute atomic E-state index is 0.00942. The number of nitrogens with zero attached hydrogens (tertiary/aromatic N) is 2. The first-order valence-electron chi connectivity index (χ1n) is 16.5. The molecule has 0 N–H and O–H groups in total. The summed E-state index contributed by atoms with van der Waals surface area (Å²) in [5.74, 6) is 0. The van der Waals surface area contributed by atoms with Crippen LogP contribution < -0.4 is 0 Å². The van der Waals surface area contributed by atoms with E-state index in [4.69, 9.17) is 0 Å². The van der Waals surface area contributed by atoms with Crippen molar-refractivity contribution >= 4 is 32.8 Å². The second kappa shape index (κ2) is 10.9. The summed E-state index contributed by atoms with van der Waals surface area (Å²) in [7, 11) is 0. The van der Waals surface area contributed by atoms with Gasteiger partial charge in [-0.25, -0.2) is 0 Å². The maximum absolute atomic E-state index is 2.44. The zero-order chi connectivity index (χ0) is 31.4. The molecule has 9 rings (SSSR count). The van der Waals surface area contributed by atoms with Crippen LogP contribution in [0.1, 0.15) is 45.2 Å². The molecule has 1 aliphatic rings. The Balaban J connectivity index is 0.00000100. The molecule has 0 fully saturated rings. The molecule has 2 heterocycles. The van der Waals surface area contributed by atoms with E-state index in [0.717, 1.165) is 0 Å². The first-order valence-corrected chi connectivity index (χ1v) is 16.5. The maximum atomic E-state index is 2.44. The van der Waals surface area contributed by atoms with Gasteiger partial charge >= 0.3 is 0 Å². The van der Waals surface area contributed by atoms with Crippen molar-refractivity contribution in [3.8, 4) is 33.6 Å². The Labute approximate surface area is 271 Å². The molecule has 0 unspecified atom stereocenters. The SMILES string of the molecule is CC1(C)c2ccccc2-c2ccc(-c3ccc(-n4c5ccccc5c5c4c4ccccc4n5-c4ccccc4)cc3)cc21.CCC. The molecule has 0 amide bonds. The lowest BCUT2D eigenvalue weighted by Crippen LogP contribution is -2.14. The quantitative estimate of drug-likeness (QED) is 0.193. The minimum atomic E-state index is -0.00942. The third kappa shape index (κ3) is 4.17. The van der Waals surface area contributed by atoms with Gasteiger partial charge in [0, 0.05) is 27.6 Å². The second-order valence-corrected chi connectivity index (χ2v) is 12.9. The van der Waals surface area contributed by atoms with Crippen molar-refractivity contribution < 1.29 is 0 Å². The first kappa shape index (κ1) is 28.2. The summed E-state index contributed by atoms with van der Waals surface area (Å²) in [6.45, 7) is 8.94. The van der Waals surface area contributed by atoms with Gasteiger partial charge in [-0.3, -0.25) is 0 Å². The highest BCUT2D eigenvalue weighted by Crippen LogP contribution is 2.49. The van der Waals surface area contributed by atoms with E-state index in [2.05, 4.69) is 182 Å². The normalized spacial score (nSPS) is 13.0. The fraction of sp³-hybridized carbons (Fsp3) is 0.136. The van der Waals surface area contributed by atoms with Crippen LogP contribution in [-0.2, 0) is 5.41 Å². The maximum Gasteiger partial charge on any atom is 0.0803 e. The lowest BCUT2D eigenvalue weighted by atomic mass is 9.81. The van der Waals surface area contributed by atoms with Gasteiger partial charge in [-0.05, 0) is 75.8 Å². The minimum Gasteiger partial charge on any atom is -0.307 e. The lowest BCUT2D eigenvalue weighted by molar-refractivity contribution is 0.660. The van der Waals surface area contributed by atoms with Gasteiger partial charge in [0.1, 0.15) is 0 Å². The summed E-state index contributed by atoms with van der Waals surface area (Å²) in [5.41, 5.74) is 15.3. The summed E-state index contributed by atoms with van der Waals surface area (Å²) >= 11 is 0. The van der Waals surface area contributed by atoms with Crippen LogP contribution in [-0.4, -0.2) is 9.13 Å². The Bertz CT molecular complexity index is 2360. The highest BCUT2D eigenvalue weighted by molar-refractivity contribution is 6.19. The molecular formula is C44H38N2. The van der Waals surface area contributed by atoms with Crippen molar-refractivity contribution in [2.45, 2.75) is 39.5 Å². The molecule has 0 saturated heterocycles. The predicted octanol–water partition coefficient (Wildman–Crippen LogP) is 12.1. The summed E-state index contributed by atoms with van der Waals surface area (Å²) in [5, 5.41) is 2.50. The molecule has 2 nitrogen and oxygen atoms in total. The number of benzene rings is 6. The fourth-order valence-electron chi connectivity index (χ4n) is 7.49. The molecule has 0 radical (unpaired) electrons. The summed E-state index contributed by atoms with van der Waals surface area (Å²) in [4.78, 5) is 0. The van der Waals surface area contributed by atoms with E-state index in [1.54, 1.807) is 0 Å². The highest BCUT2D eigenvalue weighted by Gasteiger charge is 2.35. The van der Waals surface area contributed by atoms with Crippen molar-refractivity contribution in [1.82, 2.24) is 9.13 Å². The fourth-order valence-corrected chi connectivity index (χ4v) is 7.49. The van der Waals surface area contributed by atoms with Crippen LogP contribution in [0, 0.1) is 0 Å². The Morgan fingerprint density at radius 1 is 0.457 bits per heavy atom. The van der Waals surface area contributed by atoms with Gasteiger partial charge in [-0.2, -0.15) is 0 Å². The van der Waals surface area contributed by atoms with E-state index in [1.807, 2.05) is 0 Å². The summed E-state index contributed by atoms with van der Waals surface area (Å²) in [6, 6.07) is 53.2. The van der Waals surface area contributed by atoms with Crippen LogP contribution in [0.5, 0.6) is 0 Å². The Morgan fingerprint density at radius 2 is 0.935 bits per heavy atom. The van der Waals surface area contributed by atoms with Gasteiger partial charge in [0.25, 0.3) is 0 Å². The molecule has 2 heteroatoms. The highest BCUT2D eigenvalue weighted by atomic mass is 15.1. The molecule has 2 aromatic heterocycles. The van der Waals surface area contributed by atoms with Gasteiger partial charge in [0.2, 0.25) is 0 Å².